The molecule has 8 heteroatoms. The highest BCUT2D eigenvalue weighted by atomic mass is 19.1. The lowest BCUT2D eigenvalue weighted by Gasteiger charge is -2.35. The number of hydrogen-bond donors (Lipinski definition) is 3. The fourth-order valence-corrected chi connectivity index (χ4v) is 3.13. The van der Waals surface area contributed by atoms with Gasteiger partial charge in [0.15, 0.2) is 5.96 Å². The van der Waals surface area contributed by atoms with Crippen molar-refractivity contribution in [2.45, 2.75) is 32.4 Å². The summed E-state index contributed by atoms with van der Waals surface area (Å²) >= 11 is 0. The minimum Gasteiger partial charge on any atom is -0.379 e. The number of morpholine rings is 1. The largest absolute Gasteiger partial charge is 0.379 e. The summed E-state index contributed by atoms with van der Waals surface area (Å²) < 4.78 is 18.8. The van der Waals surface area contributed by atoms with Crippen LogP contribution in [0.1, 0.15) is 31.9 Å². The standard InChI is InChI=1S/C20H32FN5O2/c1-15(2)25-19(27)8-9-23-20(22-3)24-14-18(26-10-12-28-13-11-26)16-4-6-17(21)7-5-16/h4-7,15,18H,8-14H2,1-3H3,(H,25,27)(H2,22,23,24). The second-order valence-electron chi connectivity index (χ2n) is 7.07. The average Bonchev–Trinajstić information content (AvgIpc) is 2.68. The van der Waals surface area contributed by atoms with Gasteiger partial charge in [0.2, 0.25) is 5.91 Å². The molecule has 3 N–H and O–H groups in total. The molecule has 0 bridgehead atoms. The molecular weight excluding hydrogens is 361 g/mol. The van der Waals surface area contributed by atoms with Crippen LogP contribution in [0.3, 0.4) is 0 Å². The molecule has 0 aliphatic carbocycles. The summed E-state index contributed by atoms with van der Waals surface area (Å²) in [6.07, 6.45) is 0.379. The number of halogens is 1. The van der Waals surface area contributed by atoms with Crippen molar-refractivity contribution in [1.29, 1.82) is 0 Å². The molecule has 0 spiro atoms. The van der Waals surface area contributed by atoms with E-state index in [0.717, 1.165) is 18.7 Å². The number of rotatable bonds is 8. The quantitative estimate of drug-likeness (QED) is 0.458. The Labute approximate surface area is 166 Å². The summed E-state index contributed by atoms with van der Waals surface area (Å²) in [5.41, 5.74) is 1.04. The van der Waals surface area contributed by atoms with Gasteiger partial charge in [0.05, 0.1) is 19.3 Å². The summed E-state index contributed by atoms with van der Waals surface area (Å²) in [6.45, 7) is 8.02. The molecule has 1 aromatic rings. The lowest BCUT2D eigenvalue weighted by molar-refractivity contribution is -0.121. The van der Waals surface area contributed by atoms with Gasteiger partial charge in [0.25, 0.3) is 0 Å². The van der Waals surface area contributed by atoms with Crippen LogP contribution in [0.25, 0.3) is 0 Å². The molecule has 1 saturated heterocycles. The smallest absolute Gasteiger partial charge is 0.221 e. The highest BCUT2D eigenvalue weighted by Crippen LogP contribution is 2.21. The van der Waals surface area contributed by atoms with Crippen LogP contribution in [-0.4, -0.2) is 69.2 Å². The van der Waals surface area contributed by atoms with Crippen LogP contribution in [0.15, 0.2) is 29.3 Å². The molecule has 0 radical (unpaired) electrons. The van der Waals surface area contributed by atoms with Crippen LogP contribution in [-0.2, 0) is 9.53 Å². The van der Waals surface area contributed by atoms with Crippen LogP contribution in [0.2, 0.25) is 0 Å². The first-order valence-corrected chi connectivity index (χ1v) is 9.80. The number of carbonyl (C=O) groups is 1. The highest BCUT2D eigenvalue weighted by molar-refractivity contribution is 5.81. The SMILES string of the molecule is CN=C(NCCC(=O)NC(C)C)NCC(c1ccc(F)cc1)N1CCOCC1. The molecule has 1 atom stereocenters. The zero-order valence-electron chi connectivity index (χ0n) is 17.0. The summed E-state index contributed by atoms with van der Waals surface area (Å²) in [4.78, 5) is 18.3. The van der Waals surface area contributed by atoms with Crippen LogP contribution < -0.4 is 16.0 Å². The number of guanidine groups is 1. The molecule has 1 aliphatic heterocycles. The molecule has 156 valence electrons. The Balaban J connectivity index is 1.91. The summed E-state index contributed by atoms with van der Waals surface area (Å²) in [7, 11) is 1.70. The minimum atomic E-state index is -0.241. The maximum Gasteiger partial charge on any atom is 0.221 e. The number of benzene rings is 1. The van der Waals surface area contributed by atoms with E-state index in [2.05, 4.69) is 25.8 Å². The molecule has 2 rings (SSSR count). The summed E-state index contributed by atoms with van der Waals surface area (Å²) in [5, 5.41) is 9.36. The van der Waals surface area contributed by atoms with Gasteiger partial charge in [-0.3, -0.25) is 14.7 Å². The first-order chi connectivity index (χ1) is 13.5. The number of amides is 1. The van der Waals surface area contributed by atoms with E-state index in [-0.39, 0.29) is 23.8 Å². The Morgan fingerprint density at radius 1 is 1.21 bits per heavy atom. The highest BCUT2D eigenvalue weighted by Gasteiger charge is 2.23. The van der Waals surface area contributed by atoms with Gasteiger partial charge in [-0.2, -0.15) is 0 Å². The first-order valence-electron chi connectivity index (χ1n) is 9.80. The van der Waals surface area contributed by atoms with Crippen LogP contribution in [0.5, 0.6) is 0 Å². The van der Waals surface area contributed by atoms with Gasteiger partial charge in [0, 0.05) is 45.7 Å². The Bertz CT molecular complexity index is 630. The Morgan fingerprint density at radius 2 is 1.89 bits per heavy atom. The number of nitrogens with one attached hydrogen (secondary N) is 3. The van der Waals surface area contributed by atoms with Gasteiger partial charge in [-0.1, -0.05) is 12.1 Å². The molecule has 0 aromatic heterocycles. The van der Waals surface area contributed by atoms with Crippen LogP contribution in [0.4, 0.5) is 4.39 Å². The fourth-order valence-electron chi connectivity index (χ4n) is 3.13. The van der Waals surface area contributed by atoms with Crippen molar-refractivity contribution in [3.8, 4) is 0 Å². The lowest BCUT2D eigenvalue weighted by atomic mass is 10.0. The van der Waals surface area contributed by atoms with E-state index in [9.17, 15) is 9.18 Å². The molecule has 1 aromatic carbocycles. The van der Waals surface area contributed by atoms with Gasteiger partial charge in [-0.05, 0) is 31.5 Å². The Morgan fingerprint density at radius 3 is 2.50 bits per heavy atom. The molecule has 0 saturated carbocycles. The van der Waals surface area contributed by atoms with E-state index >= 15 is 0 Å². The van der Waals surface area contributed by atoms with Crippen molar-refractivity contribution in [2.75, 3.05) is 46.4 Å². The van der Waals surface area contributed by atoms with Crippen molar-refractivity contribution in [2.24, 2.45) is 4.99 Å². The van der Waals surface area contributed by atoms with Crippen LogP contribution in [0, 0.1) is 5.82 Å². The van der Waals surface area contributed by atoms with Gasteiger partial charge in [-0.25, -0.2) is 4.39 Å². The van der Waals surface area contributed by atoms with E-state index in [1.807, 2.05) is 26.0 Å². The normalized spacial score (nSPS) is 16.7. The topological polar surface area (TPSA) is 78.0 Å². The van der Waals surface area contributed by atoms with Crippen LogP contribution >= 0.6 is 0 Å². The lowest BCUT2D eigenvalue weighted by Crippen LogP contribution is -2.46. The second-order valence-corrected chi connectivity index (χ2v) is 7.07. The third-order valence-electron chi connectivity index (χ3n) is 4.52. The number of aliphatic imine (C=N–C) groups is 1. The third-order valence-corrected chi connectivity index (χ3v) is 4.52. The number of ether oxygens (including phenoxy) is 1. The zero-order valence-corrected chi connectivity index (χ0v) is 17.0. The van der Waals surface area contributed by atoms with Crippen molar-refractivity contribution in [1.82, 2.24) is 20.9 Å². The van der Waals surface area contributed by atoms with E-state index in [1.165, 1.54) is 12.1 Å². The fraction of sp³-hybridized carbons (Fsp3) is 0.600. The van der Waals surface area contributed by atoms with E-state index in [0.29, 0.717) is 38.7 Å². The van der Waals surface area contributed by atoms with Gasteiger partial charge in [-0.15, -0.1) is 0 Å². The van der Waals surface area contributed by atoms with E-state index in [1.54, 1.807) is 7.05 Å². The van der Waals surface area contributed by atoms with E-state index in [4.69, 9.17) is 4.74 Å². The predicted molar refractivity (Wildman–Crippen MR) is 109 cm³/mol. The first kappa shape index (κ1) is 22.1. The second kappa shape index (κ2) is 11.6. The monoisotopic (exact) mass is 393 g/mol. The van der Waals surface area contributed by atoms with Crippen molar-refractivity contribution in [3.05, 3.63) is 35.6 Å². The average molecular weight is 394 g/mol. The molecule has 1 amide bonds. The zero-order chi connectivity index (χ0) is 20.4. The van der Waals surface area contributed by atoms with Gasteiger partial charge >= 0.3 is 0 Å². The molecule has 1 heterocycles. The maximum absolute atomic E-state index is 13.3. The maximum atomic E-state index is 13.3. The minimum absolute atomic E-state index is 0.00968. The summed E-state index contributed by atoms with van der Waals surface area (Å²) in [5.74, 6) is 0.405. The molecule has 28 heavy (non-hydrogen) atoms. The van der Waals surface area contributed by atoms with Crippen molar-refractivity contribution >= 4 is 11.9 Å². The van der Waals surface area contributed by atoms with Crippen molar-refractivity contribution in [3.63, 3.8) is 0 Å². The number of hydrogen-bond acceptors (Lipinski definition) is 4. The molecule has 1 aliphatic rings. The molecule has 1 fully saturated rings. The van der Waals surface area contributed by atoms with E-state index < -0.39 is 0 Å². The number of nitrogens with zero attached hydrogens (tertiary/aromatic N) is 2. The third kappa shape index (κ3) is 7.44. The van der Waals surface area contributed by atoms with Crippen molar-refractivity contribution < 1.29 is 13.9 Å². The number of carbonyl (C=O) groups excluding carboxylic acids is 1. The predicted octanol–water partition coefficient (Wildman–Crippen LogP) is 1.28. The van der Waals surface area contributed by atoms with Gasteiger partial charge in [0.1, 0.15) is 5.82 Å². The Hall–Kier alpha value is -2.19. The Kier molecular flexibility index (Phi) is 9.16. The van der Waals surface area contributed by atoms with Gasteiger partial charge < -0.3 is 20.7 Å². The molecule has 1 unspecified atom stereocenters. The summed E-state index contributed by atoms with van der Waals surface area (Å²) in [6, 6.07) is 6.83. The molecule has 7 nitrogen and oxygen atoms in total. The molecular formula is C20H32FN5O2.